The number of benzene rings is 1. The van der Waals surface area contributed by atoms with Crippen LogP contribution in [0.25, 0.3) is 11.3 Å². The first-order valence-corrected chi connectivity index (χ1v) is 6.68. The molecule has 4 heteroatoms. The molecule has 0 unspecified atom stereocenters. The van der Waals surface area contributed by atoms with Crippen LogP contribution in [0.2, 0.25) is 0 Å². The zero-order valence-electron chi connectivity index (χ0n) is 11.5. The molecule has 2 heterocycles. The molecule has 0 amide bonds. The minimum absolute atomic E-state index is 0.380. The second-order valence-electron chi connectivity index (χ2n) is 4.34. The predicted molar refractivity (Wildman–Crippen MR) is 72.0 cm³/mol. The third-order valence-electron chi connectivity index (χ3n) is 3.27. The van der Waals surface area contributed by atoms with Gasteiger partial charge in [-0.05, 0) is 25.5 Å². The average molecular weight is 264 g/mol. The van der Waals surface area contributed by atoms with Crippen LogP contribution in [0.15, 0.2) is 18.2 Å². The smallest absolute Gasteiger partial charge is 0.135 e. The molecule has 102 valence electrons. The SMILES string of the molecule is CC.Cc1c(-c2ccc(F)cc2F)nc2n1CCC2. The number of hydrogen-bond donors (Lipinski definition) is 0. The number of rotatable bonds is 1. The first-order chi connectivity index (χ1) is 9.16. The molecule has 2 aromatic rings. The first kappa shape index (κ1) is 13.7. The van der Waals surface area contributed by atoms with Crippen molar-refractivity contribution in [2.75, 3.05) is 0 Å². The molecule has 19 heavy (non-hydrogen) atoms. The highest BCUT2D eigenvalue weighted by molar-refractivity contribution is 5.63. The first-order valence-electron chi connectivity index (χ1n) is 6.68. The Kier molecular flexibility index (Phi) is 3.98. The lowest BCUT2D eigenvalue weighted by molar-refractivity contribution is 0.585. The summed E-state index contributed by atoms with van der Waals surface area (Å²) in [6, 6.07) is 3.62. The van der Waals surface area contributed by atoms with Crippen molar-refractivity contribution in [3.63, 3.8) is 0 Å². The van der Waals surface area contributed by atoms with Crippen LogP contribution in [0, 0.1) is 18.6 Å². The van der Waals surface area contributed by atoms with Gasteiger partial charge < -0.3 is 4.57 Å². The number of aromatic nitrogens is 2. The maximum absolute atomic E-state index is 13.7. The van der Waals surface area contributed by atoms with Crippen molar-refractivity contribution in [2.45, 2.75) is 40.2 Å². The molecule has 1 aliphatic rings. The quantitative estimate of drug-likeness (QED) is 0.758. The van der Waals surface area contributed by atoms with Gasteiger partial charge in [0, 0.05) is 30.3 Å². The van der Waals surface area contributed by atoms with Crippen LogP contribution >= 0.6 is 0 Å². The molecule has 2 nitrogen and oxygen atoms in total. The fraction of sp³-hybridized carbons (Fsp3) is 0.400. The lowest BCUT2D eigenvalue weighted by Crippen LogP contribution is -1.95. The molecule has 0 N–H and O–H groups in total. The minimum Gasteiger partial charge on any atom is -0.332 e. The Morgan fingerprint density at radius 2 is 1.95 bits per heavy atom. The van der Waals surface area contributed by atoms with Crippen LogP contribution in [-0.4, -0.2) is 9.55 Å². The number of aryl methyl sites for hydroxylation is 1. The Balaban J connectivity index is 0.000000637. The van der Waals surface area contributed by atoms with Crippen LogP contribution in [0.4, 0.5) is 8.78 Å². The van der Waals surface area contributed by atoms with E-state index in [0.717, 1.165) is 37.0 Å². The number of nitrogens with zero attached hydrogens (tertiary/aromatic N) is 2. The summed E-state index contributed by atoms with van der Waals surface area (Å²) in [5.41, 5.74) is 1.98. The maximum atomic E-state index is 13.7. The summed E-state index contributed by atoms with van der Waals surface area (Å²) in [6.07, 6.45) is 2.03. The number of hydrogen-bond acceptors (Lipinski definition) is 1. The van der Waals surface area contributed by atoms with Crippen molar-refractivity contribution in [2.24, 2.45) is 0 Å². The van der Waals surface area contributed by atoms with Gasteiger partial charge in [-0.2, -0.15) is 0 Å². The molecule has 0 aliphatic carbocycles. The van der Waals surface area contributed by atoms with Gasteiger partial charge in [0.05, 0.1) is 5.69 Å². The molecule has 0 fully saturated rings. The van der Waals surface area contributed by atoms with Crippen LogP contribution in [0.3, 0.4) is 0 Å². The highest BCUT2D eigenvalue weighted by Crippen LogP contribution is 2.29. The number of fused-ring (bicyclic) bond motifs is 1. The van der Waals surface area contributed by atoms with Crippen LogP contribution in [0.1, 0.15) is 31.8 Å². The molecule has 1 aromatic carbocycles. The molecular formula is C15H18F2N2. The Bertz CT molecular complexity index is 588. The third kappa shape index (κ3) is 2.39. The van der Waals surface area contributed by atoms with Gasteiger partial charge in [0.2, 0.25) is 0 Å². The fourth-order valence-corrected chi connectivity index (χ4v) is 2.41. The summed E-state index contributed by atoms with van der Waals surface area (Å²) < 4.78 is 28.7. The van der Waals surface area contributed by atoms with Gasteiger partial charge >= 0.3 is 0 Å². The van der Waals surface area contributed by atoms with Crippen LogP contribution < -0.4 is 0 Å². The summed E-state index contributed by atoms with van der Waals surface area (Å²) in [5, 5.41) is 0. The van der Waals surface area contributed by atoms with Gasteiger partial charge in [0.1, 0.15) is 17.5 Å². The largest absolute Gasteiger partial charge is 0.332 e. The van der Waals surface area contributed by atoms with Gasteiger partial charge in [0.25, 0.3) is 0 Å². The lowest BCUT2D eigenvalue weighted by atomic mass is 10.1. The molecule has 0 saturated carbocycles. The lowest BCUT2D eigenvalue weighted by Gasteiger charge is -2.03. The van der Waals surface area contributed by atoms with E-state index in [-0.39, 0.29) is 0 Å². The summed E-state index contributed by atoms with van der Waals surface area (Å²) >= 11 is 0. The topological polar surface area (TPSA) is 17.8 Å². The summed E-state index contributed by atoms with van der Waals surface area (Å²) in [4.78, 5) is 4.45. The molecule has 0 spiro atoms. The van der Waals surface area contributed by atoms with E-state index in [1.54, 1.807) is 0 Å². The molecule has 0 radical (unpaired) electrons. The van der Waals surface area contributed by atoms with Crippen molar-refractivity contribution in [1.82, 2.24) is 9.55 Å². The predicted octanol–water partition coefficient (Wildman–Crippen LogP) is 4.11. The Hall–Kier alpha value is -1.71. The van der Waals surface area contributed by atoms with E-state index in [1.807, 2.05) is 20.8 Å². The molecular weight excluding hydrogens is 246 g/mol. The van der Waals surface area contributed by atoms with E-state index in [9.17, 15) is 8.78 Å². The third-order valence-corrected chi connectivity index (χ3v) is 3.27. The zero-order valence-corrected chi connectivity index (χ0v) is 11.5. The van der Waals surface area contributed by atoms with Gasteiger partial charge in [-0.1, -0.05) is 13.8 Å². The Labute approximate surface area is 112 Å². The van der Waals surface area contributed by atoms with E-state index < -0.39 is 11.6 Å². The summed E-state index contributed by atoms with van der Waals surface area (Å²) in [6.45, 7) is 6.87. The van der Waals surface area contributed by atoms with E-state index in [0.29, 0.717) is 11.3 Å². The second kappa shape index (κ2) is 5.51. The summed E-state index contributed by atoms with van der Waals surface area (Å²) in [5.74, 6) is -0.109. The van der Waals surface area contributed by atoms with Crippen molar-refractivity contribution < 1.29 is 8.78 Å². The van der Waals surface area contributed by atoms with Crippen molar-refractivity contribution in [3.8, 4) is 11.3 Å². The van der Waals surface area contributed by atoms with Crippen molar-refractivity contribution in [1.29, 1.82) is 0 Å². The molecule has 1 aliphatic heterocycles. The number of imidazole rings is 1. The van der Waals surface area contributed by atoms with E-state index in [1.165, 1.54) is 12.1 Å². The zero-order chi connectivity index (χ0) is 14.0. The van der Waals surface area contributed by atoms with Crippen molar-refractivity contribution in [3.05, 3.63) is 41.4 Å². The van der Waals surface area contributed by atoms with Gasteiger partial charge in [-0.25, -0.2) is 13.8 Å². The van der Waals surface area contributed by atoms with Gasteiger partial charge in [-0.15, -0.1) is 0 Å². The molecule has 1 aromatic heterocycles. The molecule has 3 rings (SSSR count). The molecule has 0 saturated heterocycles. The van der Waals surface area contributed by atoms with Crippen LogP contribution in [-0.2, 0) is 13.0 Å². The van der Waals surface area contributed by atoms with E-state index >= 15 is 0 Å². The standard InChI is InChI=1S/C13H12F2N2.C2H6/c1-8-13(16-12-3-2-6-17(8)12)10-5-4-9(14)7-11(10)15;1-2/h4-5,7H,2-3,6H2,1H3;1-2H3. The highest BCUT2D eigenvalue weighted by Gasteiger charge is 2.20. The average Bonchev–Trinajstić information content (AvgIpc) is 2.96. The van der Waals surface area contributed by atoms with Gasteiger partial charge in [0.15, 0.2) is 0 Å². The van der Waals surface area contributed by atoms with E-state index in [4.69, 9.17) is 0 Å². The normalized spacial score (nSPS) is 12.9. The highest BCUT2D eigenvalue weighted by atomic mass is 19.1. The molecule has 0 bridgehead atoms. The number of halogens is 2. The summed E-state index contributed by atoms with van der Waals surface area (Å²) in [7, 11) is 0. The van der Waals surface area contributed by atoms with Crippen LogP contribution in [0.5, 0.6) is 0 Å². The van der Waals surface area contributed by atoms with Gasteiger partial charge in [-0.3, -0.25) is 0 Å². The fourth-order valence-electron chi connectivity index (χ4n) is 2.41. The minimum atomic E-state index is -0.560. The van der Waals surface area contributed by atoms with Crippen molar-refractivity contribution >= 4 is 0 Å². The Morgan fingerprint density at radius 3 is 2.58 bits per heavy atom. The molecule has 0 atom stereocenters. The maximum Gasteiger partial charge on any atom is 0.135 e. The Morgan fingerprint density at radius 1 is 1.21 bits per heavy atom. The van der Waals surface area contributed by atoms with E-state index in [2.05, 4.69) is 9.55 Å². The second-order valence-corrected chi connectivity index (χ2v) is 4.34. The monoisotopic (exact) mass is 264 g/mol.